The number of amides is 1. The molecule has 25 heavy (non-hydrogen) atoms. The zero-order valence-corrected chi connectivity index (χ0v) is 15.8. The van der Waals surface area contributed by atoms with E-state index in [1.54, 1.807) is 23.3 Å². The third kappa shape index (κ3) is 3.10. The number of hydrogen-bond acceptors (Lipinski definition) is 4. The van der Waals surface area contributed by atoms with E-state index in [-0.39, 0.29) is 18.4 Å². The molecule has 0 radical (unpaired) electrons. The Labute approximate surface area is 158 Å². The summed E-state index contributed by atoms with van der Waals surface area (Å²) in [5.41, 5.74) is 2.27. The van der Waals surface area contributed by atoms with E-state index >= 15 is 0 Å². The molecule has 0 fully saturated rings. The second kappa shape index (κ2) is 6.86. The zero-order chi connectivity index (χ0) is 18.3. The summed E-state index contributed by atoms with van der Waals surface area (Å²) in [5.74, 6) is -0.704. The van der Waals surface area contributed by atoms with Crippen molar-refractivity contribution < 1.29 is 19.4 Å². The summed E-state index contributed by atoms with van der Waals surface area (Å²) in [7, 11) is 1.51. The Morgan fingerprint density at radius 2 is 2.16 bits per heavy atom. The smallest absolute Gasteiger partial charge is 0.307 e. The SMILES string of the molecule is COC1=CCC2C(=C1Cl)C(CC(=O)O)=C(C)N2C(=O)c1csc(Cl)c1. The molecule has 1 aromatic heterocycles. The molecule has 0 aromatic carbocycles. The Bertz CT molecular complexity index is 853. The van der Waals surface area contributed by atoms with Crippen LogP contribution in [0.1, 0.15) is 30.1 Å². The van der Waals surface area contributed by atoms with Gasteiger partial charge in [0.05, 0.1) is 34.5 Å². The van der Waals surface area contributed by atoms with Crippen LogP contribution in [0, 0.1) is 0 Å². The fourth-order valence-electron chi connectivity index (χ4n) is 3.25. The molecular formula is C17H15Cl2NO4S. The lowest BCUT2D eigenvalue weighted by molar-refractivity contribution is -0.136. The largest absolute Gasteiger partial charge is 0.496 e. The minimum atomic E-state index is -0.980. The number of halogens is 2. The van der Waals surface area contributed by atoms with Crippen molar-refractivity contribution in [2.75, 3.05) is 7.11 Å². The van der Waals surface area contributed by atoms with Gasteiger partial charge in [0, 0.05) is 16.7 Å². The Morgan fingerprint density at radius 3 is 2.72 bits per heavy atom. The maximum absolute atomic E-state index is 13.0. The molecule has 2 aliphatic rings. The normalized spacial score (nSPS) is 19.9. The number of aliphatic carboxylic acids is 1. The van der Waals surface area contributed by atoms with Crippen LogP contribution in [-0.4, -0.2) is 35.0 Å². The van der Waals surface area contributed by atoms with Crippen LogP contribution in [0.3, 0.4) is 0 Å². The highest BCUT2D eigenvalue weighted by Crippen LogP contribution is 2.45. The lowest BCUT2D eigenvalue weighted by Gasteiger charge is -2.29. The highest BCUT2D eigenvalue weighted by atomic mass is 35.5. The number of carbonyl (C=O) groups excluding carboxylic acids is 1. The summed E-state index contributed by atoms with van der Waals surface area (Å²) < 4.78 is 5.79. The van der Waals surface area contributed by atoms with E-state index in [4.69, 9.17) is 27.9 Å². The fraction of sp³-hybridized carbons (Fsp3) is 0.294. The summed E-state index contributed by atoms with van der Waals surface area (Å²) in [4.78, 5) is 25.9. The average Bonchev–Trinajstić information content (AvgIpc) is 3.10. The first-order valence-corrected chi connectivity index (χ1v) is 9.12. The van der Waals surface area contributed by atoms with Crippen molar-refractivity contribution in [2.24, 2.45) is 0 Å². The van der Waals surface area contributed by atoms with Gasteiger partial charge in [-0.15, -0.1) is 11.3 Å². The quantitative estimate of drug-likeness (QED) is 0.814. The van der Waals surface area contributed by atoms with Crippen LogP contribution < -0.4 is 0 Å². The van der Waals surface area contributed by atoms with E-state index in [9.17, 15) is 14.7 Å². The first-order valence-electron chi connectivity index (χ1n) is 7.48. The number of nitrogens with zero attached hydrogens (tertiary/aromatic N) is 1. The number of allylic oxidation sites excluding steroid dienone is 2. The van der Waals surface area contributed by atoms with Crippen LogP contribution in [0.5, 0.6) is 0 Å². The molecule has 1 unspecified atom stereocenters. The minimum Gasteiger partial charge on any atom is -0.496 e. The van der Waals surface area contributed by atoms with Crippen LogP contribution >= 0.6 is 34.5 Å². The maximum atomic E-state index is 13.0. The van der Waals surface area contributed by atoms with E-state index < -0.39 is 5.97 Å². The Balaban J connectivity index is 2.09. The van der Waals surface area contributed by atoms with Gasteiger partial charge >= 0.3 is 5.97 Å². The lowest BCUT2D eigenvalue weighted by atomic mass is 9.92. The molecule has 1 aromatic rings. The van der Waals surface area contributed by atoms with E-state index in [2.05, 4.69) is 0 Å². The van der Waals surface area contributed by atoms with Crippen LogP contribution in [0.25, 0.3) is 0 Å². The molecule has 8 heteroatoms. The number of ether oxygens (including phenoxy) is 1. The summed E-state index contributed by atoms with van der Waals surface area (Å²) in [6, 6.07) is 1.27. The predicted molar refractivity (Wildman–Crippen MR) is 96.8 cm³/mol. The molecular weight excluding hydrogens is 385 g/mol. The van der Waals surface area contributed by atoms with E-state index in [0.29, 0.717) is 44.0 Å². The number of hydrogen-bond donors (Lipinski definition) is 1. The van der Waals surface area contributed by atoms with Gasteiger partial charge < -0.3 is 14.7 Å². The van der Waals surface area contributed by atoms with Gasteiger partial charge in [0.25, 0.3) is 5.91 Å². The zero-order valence-electron chi connectivity index (χ0n) is 13.5. The van der Waals surface area contributed by atoms with Gasteiger partial charge in [0.2, 0.25) is 0 Å². The van der Waals surface area contributed by atoms with Crippen molar-refractivity contribution in [3.8, 4) is 0 Å². The van der Waals surface area contributed by atoms with Gasteiger partial charge in [-0.25, -0.2) is 0 Å². The third-order valence-corrected chi connectivity index (χ3v) is 5.81. The second-order valence-electron chi connectivity index (χ2n) is 5.70. The first-order chi connectivity index (χ1) is 11.8. The molecule has 1 aliphatic heterocycles. The van der Waals surface area contributed by atoms with Gasteiger partial charge in [-0.3, -0.25) is 9.59 Å². The summed E-state index contributed by atoms with van der Waals surface area (Å²) in [6.07, 6.45) is 2.10. The van der Waals surface area contributed by atoms with E-state index in [1.807, 2.05) is 6.08 Å². The molecule has 1 N–H and O–H groups in total. The van der Waals surface area contributed by atoms with Crippen LogP contribution in [0.15, 0.2) is 45.2 Å². The lowest BCUT2D eigenvalue weighted by Crippen LogP contribution is -2.36. The second-order valence-corrected chi connectivity index (χ2v) is 7.62. The van der Waals surface area contributed by atoms with Gasteiger partial charge in [0.15, 0.2) is 0 Å². The number of methoxy groups -OCH3 is 1. The monoisotopic (exact) mass is 399 g/mol. The fourth-order valence-corrected chi connectivity index (χ4v) is 4.50. The molecule has 5 nitrogen and oxygen atoms in total. The van der Waals surface area contributed by atoms with Crippen LogP contribution in [-0.2, 0) is 9.53 Å². The Hall–Kier alpha value is -1.76. The Morgan fingerprint density at radius 1 is 1.44 bits per heavy atom. The molecule has 3 rings (SSSR count). The maximum Gasteiger partial charge on any atom is 0.307 e. The van der Waals surface area contributed by atoms with E-state index in [0.717, 1.165) is 0 Å². The molecule has 2 heterocycles. The minimum absolute atomic E-state index is 0.209. The number of carboxylic acids is 1. The van der Waals surface area contributed by atoms with Gasteiger partial charge in [0.1, 0.15) is 5.76 Å². The van der Waals surface area contributed by atoms with Gasteiger partial charge in [-0.05, 0) is 31.1 Å². The Kier molecular flexibility index (Phi) is 4.95. The van der Waals surface area contributed by atoms with Crippen LogP contribution in [0.2, 0.25) is 4.34 Å². The van der Waals surface area contributed by atoms with Crippen molar-refractivity contribution in [3.63, 3.8) is 0 Å². The standard InChI is InChI=1S/C17H15Cl2NO4S/c1-8-10(6-14(21)22)15-11(3-4-12(24-2)16(15)19)20(8)17(23)9-5-13(18)25-7-9/h4-5,7,11H,3,6H2,1-2H3,(H,21,22). The number of rotatable bonds is 4. The molecule has 0 bridgehead atoms. The third-order valence-electron chi connectivity index (χ3n) is 4.33. The van der Waals surface area contributed by atoms with Gasteiger partial charge in [-0.1, -0.05) is 23.2 Å². The molecule has 1 amide bonds. The van der Waals surface area contributed by atoms with Crippen molar-refractivity contribution in [1.82, 2.24) is 4.90 Å². The number of fused-ring (bicyclic) bond motifs is 1. The van der Waals surface area contributed by atoms with E-state index in [1.165, 1.54) is 18.4 Å². The molecule has 0 saturated carbocycles. The van der Waals surface area contributed by atoms with Crippen molar-refractivity contribution in [2.45, 2.75) is 25.8 Å². The number of thiophene rings is 1. The van der Waals surface area contributed by atoms with Crippen molar-refractivity contribution >= 4 is 46.4 Å². The molecule has 1 atom stereocenters. The summed E-state index contributed by atoms with van der Waals surface area (Å²) in [6.45, 7) is 1.74. The topological polar surface area (TPSA) is 66.8 Å². The highest BCUT2D eigenvalue weighted by Gasteiger charge is 2.42. The molecule has 0 saturated heterocycles. The summed E-state index contributed by atoms with van der Waals surface area (Å²) in [5, 5.41) is 11.3. The average molecular weight is 400 g/mol. The summed E-state index contributed by atoms with van der Waals surface area (Å²) >= 11 is 13.7. The van der Waals surface area contributed by atoms with Gasteiger partial charge in [-0.2, -0.15) is 0 Å². The van der Waals surface area contributed by atoms with Crippen molar-refractivity contribution in [1.29, 1.82) is 0 Å². The molecule has 132 valence electrons. The first kappa shape index (κ1) is 18.0. The highest BCUT2D eigenvalue weighted by molar-refractivity contribution is 7.14. The number of carboxylic acid groups (broad SMARTS) is 1. The van der Waals surface area contributed by atoms with Crippen molar-refractivity contribution in [3.05, 3.63) is 55.1 Å². The number of carbonyl (C=O) groups is 2. The molecule has 1 aliphatic carbocycles. The predicted octanol–water partition coefficient (Wildman–Crippen LogP) is 4.40. The molecule has 0 spiro atoms. The van der Waals surface area contributed by atoms with Crippen LogP contribution in [0.4, 0.5) is 0 Å².